The van der Waals surface area contributed by atoms with Crippen LogP contribution in [0.5, 0.6) is 0 Å². The quantitative estimate of drug-likeness (QED) is 0.497. The number of imidazole rings is 1. The number of anilines is 1. The third-order valence-electron chi connectivity index (χ3n) is 4.96. The molecule has 2 aromatic carbocycles. The van der Waals surface area contributed by atoms with Gasteiger partial charge in [-0.25, -0.2) is 4.98 Å². The number of nitrogens with zero attached hydrogens (tertiary/aromatic N) is 2. The molecule has 6 nitrogen and oxygen atoms in total. The van der Waals surface area contributed by atoms with E-state index < -0.39 is 11.4 Å². The fourth-order valence-electron chi connectivity index (χ4n) is 3.31. The minimum absolute atomic E-state index is 0.196. The predicted molar refractivity (Wildman–Crippen MR) is 113 cm³/mol. The molecule has 1 amide bonds. The number of amides is 1. The standard InChI is InChI=1S/C22H19N3O3S/c1-22(20(27)28,16-10-6-3-7-11-16)14-17(26)23-19-18(15-8-4-2-5-9-15)24-21-25(19)12-13-29-21/h2-13H,14H2,1H3,(H,23,26)(H,27,28)/t22-/m1/s1. The number of carboxylic acids is 1. The van der Waals surface area contributed by atoms with Crippen LogP contribution in [0.15, 0.2) is 72.2 Å². The molecular formula is C22H19N3O3S. The van der Waals surface area contributed by atoms with Crippen molar-refractivity contribution in [2.75, 3.05) is 5.32 Å². The summed E-state index contributed by atoms with van der Waals surface area (Å²) in [5, 5.41) is 14.6. The molecule has 29 heavy (non-hydrogen) atoms. The summed E-state index contributed by atoms with van der Waals surface area (Å²) in [5.41, 5.74) is 0.779. The number of carbonyl (C=O) groups excluding carboxylic acids is 1. The molecule has 0 radical (unpaired) electrons. The lowest BCUT2D eigenvalue weighted by atomic mass is 9.79. The SMILES string of the molecule is C[C@](CC(=O)Nc1c(-c2ccccc2)nc2sccn12)(C(=O)O)c1ccccc1. The number of aromatic nitrogens is 2. The van der Waals surface area contributed by atoms with Crippen molar-refractivity contribution in [1.29, 1.82) is 0 Å². The number of thiazole rings is 1. The topological polar surface area (TPSA) is 83.7 Å². The highest BCUT2D eigenvalue weighted by Gasteiger charge is 2.37. The third-order valence-corrected chi connectivity index (χ3v) is 5.72. The molecule has 2 aromatic heterocycles. The number of rotatable bonds is 6. The van der Waals surface area contributed by atoms with E-state index in [1.165, 1.54) is 11.3 Å². The number of hydrogen-bond acceptors (Lipinski definition) is 4. The Balaban J connectivity index is 1.67. The number of carboxylic acid groups (broad SMARTS) is 1. The largest absolute Gasteiger partial charge is 0.481 e. The van der Waals surface area contributed by atoms with Crippen molar-refractivity contribution >= 4 is 34.0 Å². The molecule has 0 unspecified atom stereocenters. The molecule has 146 valence electrons. The molecule has 0 fully saturated rings. The molecule has 2 heterocycles. The highest BCUT2D eigenvalue weighted by atomic mass is 32.1. The van der Waals surface area contributed by atoms with Crippen LogP contribution >= 0.6 is 11.3 Å². The second-order valence-electron chi connectivity index (χ2n) is 6.96. The summed E-state index contributed by atoms with van der Waals surface area (Å²) >= 11 is 1.47. The first-order valence-electron chi connectivity index (χ1n) is 9.09. The Morgan fingerprint density at radius 1 is 1.10 bits per heavy atom. The van der Waals surface area contributed by atoms with Gasteiger partial charge in [-0.05, 0) is 12.5 Å². The van der Waals surface area contributed by atoms with E-state index in [2.05, 4.69) is 10.3 Å². The molecule has 0 spiro atoms. The van der Waals surface area contributed by atoms with E-state index in [9.17, 15) is 14.7 Å². The normalized spacial score (nSPS) is 13.1. The monoisotopic (exact) mass is 405 g/mol. The van der Waals surface area contributed by atoms with Gasteiger partial charge in [0.25, 0.3) is 0 Å². The lowest BCUT2D eigenvalue weighted by molar-refractivity contribution is -0.145. The minimum atomic E-state index is -1.34. The van der Waals surface area contributed by atoms with E-state index in [4.69, 9.17) is 0 Å². The molecule has 0 saturated carbocycles. The zero-order valence-electron chi connectivity index (χ0n) is 15.7. The van der Waals surface area contributed by atoms with Crippen molar-refractivity contribution in [2.45, 2.75) is 18.8 Å². The van der Waals surface area contributed by atoms with Crippen molar-refractivity contribution in [1.82, 2.24) is 9.38 Å². The van der Waals surface area contributed by atoms with Crippen molar-refractivity contribution in [2.24, 2.45) is 0 Å². The molecule has 0 aliphatic heterocycles. The van der Waals surface area contributed by atoms with E-state index in [0.717, 1.165) is 10.5 Å². The summed E-state index contributed by atoms with van der Waals surface area (Å²) in [4.78, 5) is 30.4. The van der Waals surface area contributed by atoms with Crippen LogP contribution < -0.4 is 5.32 Å². The smallest absolute Gasteiger partial charge is 0.314 e. The highest BCUT2D eigenvalue weighted by molar-refractivity contribution is 7.15. The number of aliphatic carboxylic acids is 1. The van der Waals surface area contributed by atoms with Crippen LogP contribution in [-0.4, -0.2) is 26.4 Å². The summed E-state index contributed by atoms with van der Waals surface area (Å²) < 4.78 is 1.81. The van der Waals surface area contributed by atoms with Gasteiger partial charge in [0.1, 0.15) is 11.5 Å². The van der Waals surface area contributed by atoms with Crippen LogP contribution in [0, 0.1) is 0 Å². The molecule has 0 bridgehead atoms. The van der Waals surface area contributed by atoms with Crippen LogP contribution in [-0.2, 0) is 15.0 Å². The van der Waals surface area contributed by atoms with Crippen molar-refractivity contribution in [3.8, 4) is 11.3 Å². The summed E-state index contributed by atoms with van der Waals surface area (Å²) in [6, 6.07) is 18.4. The predicted octanol–water partition coefficient (Wildman–Crippen LogP) is 4.43. The molecule has 1 atom stereocenters. The van der Waals surface area contributed by atoms with E-state index in [0.29, 0.717) is 17.1 Å². The Morgan fingerprint density at radius 3 is 2.41 bits per heavy atom. The van der Waals surface area contributed by atoms with Gasteiger partial charge in [0, 0.05) is 23.6 Å². The minimum Gasteiger partial charge on any atom is -0.481 e. The Hall–Kier alpha value is -3.45. The van der Waals surface area contributed by atoms with Gasteiger partial charge >= 0.3 is 5.97 Å². The summed E-state index contributed by atoms with van der Waals surface area (Å²) in [5.74, 6) is -0.890. The Morgan fingerprint density at radius 2 is 1.76 bits per heavy atom. The van der Waals surface area contributed by atoms with Gasteiger partial charge in [-0.1, -0.05) is 60.7 Å². The van der Waals surface area contributed by atoms with Crippen LogP contribution in [0.1, 0.15) is 18.9 Å². The van der Waals surface area contributed by atoms with Crippen LogP contribution in [0.25, 0.3) is 16.2 Å². The Kier molecular flexibility index (Phi) is 4.90. The molecule has 2 N–H and O–H groups in total. The Bertz CT molecular complexity index is 1170. The van der Waals surface area contributed by atoms with E-state index >= 15 is 0 Å². The fraction of sp³-hybridized carbons (Fsp3) is 0.136. The first-order valence-corrected chi connectivity index (χ1v) is 9.97. The first kappa shape index (κ1) is 18.9. The number of carbonyl (C=O) groups is 2. The van der Waals surface area contributed by atoms with Crippen LogP contribution in [0.2, 0.25) is 0 Å². The first-order chi connectivity index (χ1) is 14.0. The summed E-state index contributed by atoms with van der Waals surface area (Å²) in [7, 11) is 0. The second-order valence-corrected chi connectivity index (χ2v) is 7.83. The molecule has 0 aliphatic rings. The van der Waals surface area contributed by atoms with Gasteiger partial charge in [-0.2, -0.15) is 0 Å². The summed E-state index contributed by atoms with van der Waals surface area (Å²) in [6.07, 6.45) is 1.64. The van der Waals surface area contributed by atoms with Crippen LogP contribution in [0.3, 0.4) is 0 Å². The molecule has 4 rings (SSSR count). The fourth-order valence-corrected chi connectivity index (χ4v) is 4.02. The van der Waals surface area contributed by atoms with Gasteiger partial charge < -0.3 is 10.4 Å². The maximum absolute atomic E-state index is 12.9. The van der Waals surface area contributed by atoms with E-state index in [1.807, 2.05) is 52.4 Å². The molecule has 0 saturated heterocycles. The number of benzene rings is 2. The van der Waals surface area contributed by atoms with E-state index in [1.54, 1.807) is 31.2 Å². The molecule has 0 aliphatic carbocycles. The Labute approximate surface area is 171 Å². The van der Waals surface area contributed by atoms with E-state index in [-0.39, 0.29) is 12.3 Å². The summed E-state index contributed by atoms with van der Waals surface area (Å²) in [6.45, 7) is 1.57. The second kappa shape index (κ2) is 7.52. The van der Waals surface area contributed by atoms with Crippen LogP contribution in [0.4, 0.5) is 5.82 Å². The van der Waals surface area contributed by atoms with Gasteiger partial charge in [-0.3, -0.25) is 14.0 Å². The molecule has 7 heteroatoms. The number of fused-ring (bicyclic) bond motifs is 1. The lowest BCUT2D eigenvalue weighted by Gasteiger charge is -2.24. The average Bonchev–Trinajstić information content (AvgIpc) is 3.32. The molecular weight excluding hydrogens is 386 g/mol. The number of nitrogens with one attached hydrogen (secondary N) is 1. The lowest BCUT2D eigenvalue weighted by Crippen LogP contribution is -2.36. The maximum atomic E-state index is 12.9. The highest BCUT2D eigenvalue weighted by Crippen LogP contribution is 2.32. The van der Waals surface area contributed by atoms with Gasteiger partial charge in [0.2, 0.25) is 5.91 Å². The van der Waals surface area contributed by atoms with Gasteiger partial charge in [0.05, 0.1) is 5.41 Å². The van der Waals surface area contributed by atoms with Gasteiger partial charge in [-0.15, -0.1) is 11.3 Å². The van der Waals surface area contributed by atoms with Crippen molar-refractivity contribution in [3.63, 3.8) is 0 Å². The molecule has 4 aromatic rings. The maximum Gasteiger partial charge on any atom is 0.314 e. The van der Waals surface area contributed by atoms with Crippen molar-refractivity contribution in [3.05, 3.63) is 77.8 Å². The third kappa shape index (κ3) is 3.52. The van der Waals surface area contributed by atoms with Crippen molar-refractivity contribution < 1.29 is 14.7 Å². The number of hydrogen-bond donors (Lipinski definition) is 2. The van der Waals surface area contributed by atoms with Gasteiger partial charge in [0.15, 0.2) is 4.96 Å². The zero-order valence-corrected chi connectivity index (χ0v) is 16.5. The average molecular weight is 405 g/mol. The zero-order chi connectivity index (χ0) is 20.4.